The maximum Gasteiger partial charge on any atom is 0.337 e. The van der Waals surface area contributed by atoms with Crippen molar-refractivity contribution in [1.29, 1.82) is 0 Å². The van der Waals surface area contributed by atoms with Crippen LogP contribution in [0.1, 0.15) is 12.6 Å². The lowest BCUT2D eigenvalue weighted by Gasteiger charge is -2.17. The maximum absolute atomic E-state index is 11.6. The predicted molar refractivity (Wildman–Crippen MR) is 90.8 cm³/mol. The van der Waals surface area contributed by atoms with E-state index in [1.165, 1.54) is 12.7 Å². The smallest absolute Gasteiger partial charge is 0.337 e. The van der Waals surface area contributed by atoms with Gasteiger partial charge in [-0.15, -0.1) is 0 Å². The summed E-state index contributed by atoms with van der Waals surface area (Å²) in [6.07, 6.45) is 1.90. The van der Waals surface area contributed by atoms with Crippen LogP contribution in [0.2, 0.25) is 0 Å². The predicted octanol–water partition coefficient (Wildman–Crippen LogP) is 1.46. The minimum Gasteiger partial charge on any atom is -0.382 e. The number of rotatable bonds is 6. The Morgan fingerprint density at radius 3 is 3.12 bits per heavy atom. The zero-order chi connectivity index (χ0) is 18.0. The van der Waals surface area contributed by atoms with Crippen LogP contribution >= 0.6 is 20.2 Å². The van der Waals surface area contributed by atoms with Gasteiger partial charge in [0, 0.05) is 11.3 Å². The van der Waals surface area contributed by atoms with Crippen molar-refractivity contribution in [3.05, 3.63) is 23.1 Å². The molecule has 0 unspecified atom stereocenters. The summed E-state index contributed by atoms with van der Waals surface area (Å²) in [6.45, 7) is -0.210. The lowest BCUT2D eigenvalue weighted by Crippen LogP contribution is -2.24. The van der Waals surface area contributed by atoms with Crippen LogP contribution in [-0.4, -0.2) is 48.7 Å². The van der Waals surface area contributed by atoms with Crippen molar-refractivity contribution < 1.29 is 18.7 Å². The zero-order valence-corrected chi connectivity index (χ0v) is 14.6. The standard InChI is InChI=1S/C11H15N8O4PS/c12-10-9-11(15-3-14-10)19(4-16-9)8-1-6(17-18-13)7(23-8)2-22-24(20,21)5-25/h3-4,6-8,25H,1-2,5H2,(H,20,21)(H2,12,14,15)/t6-,7-,8-/m1/s1. The summed E-state index contributed by atoms with van der Waals surface area (Å²) in [7, 11) is -3.80. The van der Waals surface area contributed by atoms with E-state index in [-0.39, 0.29) is 17.9 Å². The number of anilines is 1. The maximum atomic E-state index is 11.6. The Balaban J connectivity index is 1.82. The first-order chi connectivity index (χ1) is 11.9. The first-order valence-electron chi connectivity index (χ1n) is 7.15. The summed E-state index contributed by atoms with van der Waals surface area (Å²) in [5, 5.41) is 3.68. The molecule has 3 heterocycles. The van der Waals surface area contributed by atoms with Gasteiger partial charge in [0.05, 0.1) is 30.6 Å². The van der Waals surface area contributed by atoms with Gasteiger partial charge in [0.15, 0.2) is 11.5 Å². The Labute approximate surface area is 146 Å². The molecule has 1 saturated heterocycles. The SMILES string of the molecule is [N-]=[N+]=N[C@@H]1C[C@H](n2cnc3c(N)ncnc32)O[C@@H]1CO[P@](=O)(O)CS. The van der Waals surface area contributed by atoms with Crippen molar-refractivity contribution >= 4 is 37.2 Å². The zero-order valence-electron chi connectivity index (χ0n) is 12.8. The average molecular weight is 386 g/mol. The van der Waals surface area contributed by atoms with E-state index in [2.05, 4.69) is 37.6 Å². The molecule has 0 radical (unpaired) electrons. The van der Waals surface area contributed by atoms with E-state index in [4.69, 9.17) is 20.5 Å². The van der Waals surface area contributed by atoms with Crippen LogP contribution < -0.4 is 5.73 Å². The Hall–Kier alpha value is -1.88. The first kappa shape index (κ1) is 17.9. The highest BCUT2D eigenvalue weighted by Crippen LogP contribution is 2.44. The number of nitrogen functional groups attached to an aromatic ring is 1. The van der Waals surface area contributed by atoms with Crippen molar-refractivity contribution in [3.63, 3.8) is 0 Å². The van der Waals surface area contributed by atoms with Crippen LogP contribution in [0.25, 0.3) is 21.6 Å². The molecule has 0 spiro atoms. The van der Waals surface area contributed by atoms with E-state index in [0.29, 0.717) is 17.6 Å². The number of nitrogens with two attached hydrogens (primary N) is 1. The van der Waals surface area contributed by atoms with Gasteiger partial charge in [-0.05, 0) is 5.53 Å². The summed E-state index contributed by atoms with van der Waals surface area (Å²) < 4.78 is 24.0. The lowest BCUT2D eigenvalue weighted by atomic mass is 10.1. The first-order valence-corrected chi connectivity index (χ1v) is 9.54. The highest BCUT2D eigenvalue weighted by molar-refractivity contribution is 7.88. The molecule has 0 saturated carbocycles. The average Bonchev–Trinajstić information content (AvgIpc) is 3.18. The van der Waals surface area contributed by atoms with Crippen LogP contribution in [0.15, 0.2) is 17.8 Å². The molecule has 3 N–H and O–H groups in total. The lowest BCUT2D eigenvalue weighted by molar-refractivity contribution is -0.0198. The molecule has 14 heteroatoms. The highest BCUT2D eigenvalue weighted by Gasteiger charge is 2.38. The van der Waals surface area contributed by atoms with Crippen LogP contribution in [0.5, 0.6) is 0 Å². The summed E-state index contributed by atoms with van der Waals surface area (Å²) in [6, 6.07) is -0.577. The number of ether oxygens (including phenoxy) is 1. The van der Waals surface area contributed by atoms with Crippen molar-refractivity contribution in [2.75, 3.05) is 17.8 Å². The molecule has 0 bridgehead atoms. The molecule has 12 nitrogen and oxygen atoms in total. The van der Waals surface area contributed by atoms with Crippen LogP contribution in [0.3, 0.4) is 0 Å². The van der Waals surface area contributed by atoms with E-state index in [9.17, 15) is 9.46 Å². The third kappa shape index (κ3) is 3.71. The Morgan fingerprint density at radius 1 is 1.60 bits per heavy atom. The fourth-order valence-corrected chi connectivity index (χ4v) is 3.24. The molecule has 0 amide bonds. The van der Waals surface area contributed by atoms with E-state index >= 15 is 0 Å². The monoisotopic (exact) mass is 386 g/mol. The molecule has 4 atom stereocenters. The second kappa shape index (κ2) is 7.16. The van der Waals surface area contributed by atoms with Gasteiger partial charge in [-0.1, -0.05) is 5.11 Å². The van der Waals surface area contributed by atoms with E-state index in [1.807, 2.05) is 0 Å². The molecule has 1 aliphatic rings. The van der Waals surface area contributed by atoms with Gasteiger partial charge in [-0.2, -0.15) is 12.6 Å². The summed E-state index contributed by atoms with van der Waals surface area (Å²) in [4.78, 5) is 24.4. The fourth-order valence-electron chi connectivity index (χ4n) is 2.54. The minimum atomic E-state index is -3.80. The summed E-state index contributed by atoms with van der Waals surface area (Å²) in [5.41, 5.74) is 15.1. The quantitative estimate of drug-likeness (QED) is 0.220. The van der Waals surface area contributed by atoms with Gasteiger partial charge >= 0.3 is 7.60 Å². The largest absolute Gasteiger partial charge is 0.382 e. The second-order valence-electron chi connectivity index (χ2n) is 5.29. The third-order valence-electron chi connectivity index (χ3n) is 3.72. The molecule has 134 valence electrons. The number of thiol groups is 1. The Morgan fingerprint density at radius 2 is 2.40 bits per heavy atom. The molecular weight excluding hydrogens is 371 g/mol. The van der Waals surface area contributed by atoms with Gasteiger partial charge < -0.3 is 19.9 Å². The summed E-state index contributed by atoms with van der Waals surface area (Å²) >= 11 is 3.76. The fraction of sp³-hybridized carbons (Fsp3) is 0.545. The number of nitrogens with zero attached hydrogens (tertiary/aromatic N) is 7. The molecular formula is C11H15N8O4PS. The second-order valence-corrected chi connectivity index (χ2v) is 7.96. The number of imidazole rings is 1. The minimum absolute atomic E-state index is 0.210. The van der Waals surface area contributed by atoms with Gasteiger partial charge in [0.2, 0.25) is 0 Å². The molecule has 1 aliphatic heterocycles. The van der Waals surface area contributed by atoms with Crippen LogP contribution in [-0.2, 0) is 13.8 Å². The Bertz CT molecular complexity index is 871. The van der Waals surface area contributed by atoms with Crippen molar-refractivity contribution in [1.82, 2.24) is 19.5 Å². The van der Waals surface area contributed by atoms with Crippen molar-refractivity contribution in [3.8, 4) is 0 Å². The number of hydrogen-bond acceptors (Lipinski definition) is 9. The number of azide groups is 1. The normalized spacial score (nSPS) is 25.6. The number of aromatic nitrogens is 4. The number of fused-ring (bicyclic) bond motifs is 1. The van der Waals surface area contributed by atoms with Gasteiger partial charge in [0.25, 0.3) is 0 Å². The van der Waals surface area contributed by atoms with Crippen molar-refractivity contribution in [2.45, 2.75) is 24.8 Å². The van der Waals surface area contributed by atoms with Crippen LogP contribution in [0.4, 0.5) is 5.82 Å². The van der Waals surface area contributed by atoms with Gasteiger partial charge in [-0.3, -0.25) is 9.13 Å². The van der Waals surface area contributed by atoms with Crippen LogP contribution in [0, 0.1) is 0 Å². The Kier molecular flexibility index (Phi) is 5.13. The van der Waals surface area contributed by atoms with E-state index in [1.54, 1.807) is 4.57 Å². The third-order valence-corrected chi connectivity index (χ3v) is 5.70. The molecule has 2 aromatic rings. The van der Waals surface area contributed by atoms with Crippen molar-refractivity contribution in [2.24, 2.45) is 5.11 Å². The summed E-state index contributed by atoms with van der Waals surface area (Å²) in [5.74, 6) is 0.239. The topological polar surface area (TPSA) is 174 Å². The van der Waals surface area contributed by atoms with E-state index < -0.39 is 26.0 Å². The highest BCUT2D eigenvalue weighted by atomic mass is 32.1. The molecule has 3 rings (SSSR count). The molecule has 0 aromatic carbocycles. The van der Waals surface area contributed by atoms with Gasteiger partial charge in [0.1, 0.15) is 18.1 Å². The molecule has 0 aliphatic carbocycles. The van der Waals surface area contributed by atoms with E-state index in [0.717, 1.165) is 0 Å². The molecule has 25 heavy (non-hydrogen) atoms. The van der Waals surface area contributed by atoms with Gasteiger partial charge in [-0.25, -0.2) is 15.0 Å². The molecule has 2 aromatic heterocycles. The molecule has 1 fully saturated rings. The number of hydrogen-bond donors (Lipinski definition) is 3.